The average Bonchev–Trinajstić information content (AvgIpc) is 2.84. The minimum Gasteiger partial charge on any atom is -0.356 e. The Morgan fingerprint density at radius 1 is 1.35 bits per heavy atom. The van der Waals surface area contributed by atoms with E-state index in [2.05, 4.69) is 41.5 Å². The molecular weight excluding hydrogens is 329 g/mol. The number of halogens is 1. The number of guanidine groups is 1. The van der Waals surface area contributed by atoms with E-state index in [1.807, 2.05) is 17.8 Å². The van der Waals surface area contributed by atoms with Crippen LogP contribution in [0.1, 0.15) is 35.9 Å². The van der Waals surface area contributed by atoms with Gasteiger partial charge < -0.3 is 10.6 Å². The second kappa shape index (κ2) is 9.36. The van der Waals surface area contributed by atoms with Gasteiger partial charge in [-0.15, -0.1) is 0 Å². The van der Waals surface area contributed by atoms with Crippen LogP contribution < -0.4 is 10.6 Å². The van der Waals surface area contributed by atoms with Gasteiger partial charge in [0.1, 0.15) is 5.82 Å². The van der Waals surface area contributed by atoms with E-state index in [0.29, 0.717) is 0 Å². The zero-order chi connectivity index (χ0) is 19.1. The summed E-state index contributed by atoms with van der Waals surface area (Å²) in [6, 6.07) is 7.01. The van der Waals surface area contributed by atoms with Gasteiger partial charge in [-0.25, -0.2) is 4.39 Å². The molecule has 1 atom stereocenters. The highest BCUT2D eigenvalue weighted by Gasteiger charge is 2.13. The van der Waals surface area contributed by atoms with Crippen LogP contribution in [-0.2, 0) is 19.9 Å². The number of nitrogens with zero attached hydrogens (tertiary/aromatic N) is 3. The van der Waals surface area contributed by atoms with Crippen LogP contribution in [-0.4, -0.2) is 35.4 Å². The summed E-state index contributed by atoms with van der Waals surface area (Å²) in [7, 11) is 3.75. The number of hydrogen-bond donors (Lipinski definition) is 2. The Morgan fingerprint density at radius 2 is 2.12 bits per heavy atom. The molecule has 6 heteroatoms. The molecule has 0 amide bonds. The number of aromatic nitrogens is 2. The molecule has 0 bridgehead atoms. The monoisotopic (exact) mass is 359 g/mol. The highest BCUT2D eigenvalue weighted by molar-refractivity contribution is 5.79. The molecule has 2 rings (SSSR count). The van der Waals surface area contributed by atoms with E-state index in [1.165, 1.54) is 17.3 Å². The van der Waals surface area contributed by atoms with Crippen LogP contribution in [0.15, 0.2) is 29.3 Å². The molecule has 0 aliphatic rings. The summed E-state index contributed by atoms with van der Waals surface area (Å²) in [4.78, 5) is 4.29. The highest BCUT2D eigenvalue weighted by atomic mass is 19.1. The van der Waals surface area contributed by atoms with Gasteiger partial charge in [0.15, 0.2) is 5.96 Å². The molecule has 1 aromatic heterocycles. The number of nitrogens with one attached hydrogen (secondary N) is 2. The van der Waals surface area contributed by atoms with Crippen LogP contribution in [0, 0.1) is 19.7 Å². The predicted molar refractivity (Wildman–Crippen MR) is 105 cm³/mol. The Bertz CT molecular complexity index is 751. The Labute approximate surface area is 155 Å². The minimum atomic E-state index is -0.178. The lowest BCUT2D eigenvalue weighted by Gasteiger charge is -2.18. The van der Waals surface area contributed by atoms with Crippen LogP contribution in [0.25, 0.3) is 0 Å². The zero-order valence-electron chi connectivity index (χ0n) is 16.4. The average molecular weight is 359 g/mol. The Hall–Kier alpha value is -2.37. The minimum absolute atomic E-state index is 0.178. The van der Waals surface area contributed by atoms with Crippen molar-refractivity contribution in [2.75, 3.05) is 13.6 Å². The molecule has 0 saturated carbocycles. The smallest absolute Gasteiger partial charge is 0.191 e. The van der Waals surface area contributed by atoms with Crippen molar-refractivity contribution in [3.8, 4) is 0 Å². The molecule has 0 fully saturated rings. The van der Waals surface area contributed by atoms with Crippen molar-refractivity contribution in [2.24, 2.45) is 12.0 Å². The molecule has 0 radical (unpaired) electrons. The normalized spacial score (nSPS) is 12.9. The summed E-state index contributed by atoms with van der Waals surface area (Å²) in [6.07, 6.45) is 2.65. The molecule has 2 N–H and O–H groups in total. The van der Waals surface area contributed by atoms with E-state index in [4.69, 9.17) is 0 Å². The molecular formula is C20H30FN5. The summed E-state index contributed by atoms with van der Waals surface area (Å²) in [5.41, 5.74) is 4.59. The Morgan fingerprint density at radius 3 is 2.73 bits per heavy atom. The van der Waals surface area contributed by atoms with Crippen molar-refractivity contribution < 1.29 is 4.39 Å². The maximum atomic E-state index is 13.2. The van der Waals surface area contributed by atoms with E-state index in [0.717, 1.165) is 43.0 Å². The first-order chi connectivity index (χ1) is 12.4. The number of rotatable bonds is 7. The molecule has 1 unspecified atom stereocenters. The largest absolute Gasteiger partial charge is 0.356 e. The maximum Gasteiger partial charge on any atom is 0.191 e. The fourth-order valence-corrected chi connectivity index (χ4v) is 3.09. The van der Waals surface area contributed by atoms with Gasteiger partial charge in [0.05, 0.1) is 5.69 Å². The summed E-state index contributed by atoms with van der Waals surface area (Å²) >= 11 is 0. The van der Waals surface area contributed by atoms with Crippen LogP contribution in [0.5, 0.6) is 0 Å². The van der Waals surface area contributed by atoms with E-state index in [-0.39, 0.29) is 11.9 Å². The van der Waals surface area contributed by atoms with Crippen molar-refractivity contribution >= 4 is 5.96 Å². The number of benzene rings is 1. The van der Waals surface area contributed by atoms with Crippen molar-refractivity contribution in [1.29, 1.82) is 0 Å². The molecule has 1 aromatic carbocycles. The lowest BCUT2D eigenvalue weighted by atomic mass is 10.1. The predicted octanol–water partition coefficient (Wildman–Crippen LogP) is 2.90. The molecule has 1 heterocycles. The fraction of sp³-hybridized carbons (Fsp3) is 0.500. The van der Waals surface area contributed by atoms with Crippen LogP contribution >= 0.6 is 0 Å². The van der Waals surface area contributed by atoms with E-state index in [1.54, 1.807) is 19.2 Å². The lowest BCUT2D eigenvalue weighted by Crippen LogP contribution is -2.43. The molecule has 0 spiro atoms. The van der Waals surface area contributed by atoms with Gasteiger partial charge in [-0.2, -0.15) is 5.10 Å². The van der Waals surface area contributed by atoms with Gasteiger partial charge in [-0.05, 0) is 63.3 Å². The van der Waals surface area contributed by atoms with E-state index in [9.17, 15) is 4.39 Å². The number of aryl methyl sites for hydroxylation is 3. The SMILES string of the molecule is CN=C(NCCCc1cccc(F)c1)NC(C)Cc1c(C)nn(C)c1C. The van der Waals surface area contributed by atoms with Gasteiger partial charge in [0.2, 0.25) is 0 Å². The molecule has 0 aliphatic heterocycles. The molecule has 142 valence electrons. The quantitative estimate of drug-likeness (QED) is 0.454. The third kappa shape index (κ3) is 5.58. The van der Waals surface area contributed by atoms with Crippen molar-refractivity contribution in [2.45, 2.75) is 46.1 Å². The molecule has 2 aromatic rings. The van der Waals surface area contributed by atoms with Crippen LogP contribution in [0.2, 0.25) is 0 Å². The number of hydrogen-bond acceptors (Lipinski definition) is 2. The van der Waals surface area contributed by atoms with E-state index >= 15 is 0 Å². The third-order valence-electron chi connectivity index (χ3n) is 4.60. The highest BCUT2D eigenvalue weighted by Crippen LogP contribution is 2.14. The fourth-order valence-electron chi connectivity index (χ4n) is 3.09. The van der Waals surface area contributed by atoms with Crippen molar-refractivity contribution in [1.82, 2.24) is 20.4 Å². The van der Waals surface area contributed by atoms with Crippen molar-refractivity contribution in [3.63, 3.8) is 0 Å². The molecule has 0 aliphatic carbocycles. The molecule has 0 saturated heterocycles. The molecule has 26 heavy (non-hydrogen) atoms. The molecule has 5 nitrogen and oxygen atoms in total. The van der Waals surface area contributed by atoms with Gasteiger partial charge in [0, 0.05) is 32.4 Å². The summed E-state index contributed by atoms with van der Waals surface area (Å²) in [5, 5.41) is 11.2. The van der Waals surface area contributed by atoms with Crippen LogP contribution in [0.4, 0.5) is 4.39 Å². The van der Waals surface area contributed by atoms with Gasteiger partial charge in [0.25, 0.3) is 0 Å². The number of aliphatic imine (C=N–C) groups is 1. The van der Waals surface area contributed by atoms with Gasteiger partial charge in [-0.3, -0.25) is 9.67 Å². The van der Waals surface area contributed by atoms with Gasteiger partial charge in [-0.1, -0.05) is 12.1 Å². The summed E-state index contributed by atoms with van der Waals surface area (Å²) in [5.74, 6) is 0.610. The lowest BCUT2D eigenvalue weighted by molar-refractivity contribution is 0.621. The maximum absolute atomic E-state index is 13.2. The summed E-state index contributed by atoms with van der Waals surface area (Å²) < 4.78 is 15.1. The van der Waals surface area contributed by atoms with Crippen molar-refractivity contribution in [3.05, 3.63) is 52.6 Å². The first-order valence-corrected chi connectivity index (χ1v) is 9.11. The van der Waals surface area contributed by atoms with Gasteiger partial charge >= 0.3 is 0 Å². The standard InChI is InChI=1S/C20H30FN5/c1-14(12-19-15(2)25-26(5)16(19)3)24-20(22-4)23-11-7-9-17-8-6-10-18(21)13-17/h6,8,10,13-14H,7,9,11-12H2,1-5H3,(H2,22,23,24). The summed E-state index contributed by atoms with van der Waals surface area (Å²) in [6.45, 7) is 7.08. The van der Waals surface area contributed by atoms with E-state index < -0.39 is 0 Å². The van der Waals surface area contributed by atoms with Crippen LogP contribution in [0.3, 0.4) is 0 Å². The topological polar surface area (TPSA) is 54.2 Å². The first kappa shape index (κ1) is 19.9. The second-order valence-electron chi connectivity index (χ2n) is 6.75. The third-order valence-corrected chi connectivity index (χ3v) is 4.60. The second-order valence-corrected chi connectivity index (χ2v) is 6.75. The Kier molecular flexibility index (Phi) is 7.18. The zero-order valence-corrected chi connectivity index (χ0v) is 16.4. The Balaban J connectivity index is 1.78. The first-order valence-electron chi connectivity index (χ1n) is 9.11.